The fraction of sp³-hybridized carbons (Fsp3) is 0.588. The molecule has 2 N–H and O–H groups in total. The molecular weight excluding hydrogens is 312 g/mol. The highest BCUT2D eigenvalue weighted by Crippen LogP contribution is 2.38. The Hall–Kier alpha value is -1.56. The number of benzene rings is 1. The summed E-state index contributed by atoms with van der Waals surface area (Å²) in [6, 6.07) is 1.68. The molecule has 5 nitrogen and oxygen atoms in total. The summed E-state index contributed by atoms with van der Waals surface area (Å²) in [6.07, 6.45) is 8.14. The van der Waals surface area contributed by atoms with E-state index in [1.54, 1.807) is 0 Å². The molecule has 0 aromatic heterocycles. The van der Waals surface area contributed by atoms with Crippen LogP contribution in [0.1, 0.15) is 47.9 Å². The van der Waals surface area contributed by atoms with Crippen molar-refractivity contribution in [1.29, 1.82) is 0 Å². The number of carbonyl (C=O) groups is 1. The zero-order valence-electron chi connectivity index (χ0n) is 13.2. The number of urea groups is 1. The van der Waals surface area contributed by atoms with Gasteiger partial charge in [-0.25, -0.2) is 17.9 Å². The van der Waals surface area contributed by atoms with Crippen molar-refractivity contribution in [3.63, 3.8) is 0 Å². The van der Waals surface area contributed by atoms with Crippen molar-refractivity contribution >= 4 is 21.7 Å². The average molecular weight is 334 g/mol. The minimum atomic E-state index is -3.53. The molecule has 1 aromatic rings. The number of nitrogens with one attached hydrogen (secondary N) is 2. The Morgan fingerprint density at radius 1 is 1.04 bits per heavy atom. The molecule has 3 aliphatic carbocycles. The highest BCUT2D eigenvalue weighted by molar-refractivity contribution is 7.90. The highest BCUT2D eigenvalue weighted by Gasteiger charge is 2.30. The van der Waals surface area contributed by atoms with Crippen LogP contribution in [0, 0.1) is 5.92 Å². The summed E-state index contributed by atoms with van der Waals surface area (Å²) in [4.78, 5) is 12.2. The Bertz CT molecular complexity index is 734. The number of hydrogen-bond donors (Lipinski definition) is 2. The second-order valence-corrected chi connectivity index (χ2v) is 8.78. The first-order valence-corrected chi connectivity index (χ1v) is 10.1. The second-order valence-electron chi connectivity index (χ2n) is 7.02. The Balaban J connectivity index is 1.55. The zero-order valence-corrected chi connectivity index (χ0v) is 14.0. The molecule has 0 unspecified atom stereocenters. The molecule has 0 heterocycles. The number of sulfonamides is 1. The van der Waals surface area contributed by atoms with Crippen LogP contribution in [-0.2, 0) is 35.7 Å². The van der Waals surface area contributed by atoms with Crippen molar-refractivity contribution in [2.45, 2.75) is 51.4 Å². The lowest BCUT2D eigenvalue weighted by molar-refractivity contribution is 0.256. The second kappa shape index (κ2) is 5.51. The largest absolute Gasteiger partial charge is 0.332 e. The Kier molecular flexibility index (Phi) is 3.59. The molecule has 3 aliphatic rings. The molecule has 124 valence electrons. The fourth-order valence-electron chi connectivity index (χ4n) is 3.88. The number of fused-ring (bicyclic) bond motifs is 2. The maximum atomic E-state index is 12.2. The number of hydrogen-bond acceptors (Lipinski definition) is 3. The van der Waals surface area contributed by atoms with Gasteiger partial charge in [0.05, 0.1) is 5.75 Å². The van der Waals surface area contributed by atoms with E-state index in [9.17, 15) is 13.2 Å². The van der Waals surface area contributed by atoms with Crippen LogP contribution in [0.15, 0.2) is 6.07 Å². The Morgan fingerprint density at radius 3 is 2.22 bits per heavy atom. The lowest BCUT2D eigenvalue weighted by atomic mass is 9.99. The third-order valence-corrected chi connectivity index (χ3v) is 6.52. The summed E-state index contributed by atoms with van der Waals surface area (Å²) in [5, 5.41) is 2.86. The quantitative estimate of drug-likeness (QED) is 0.888. The van der Waals surface area contributed by atoms with Gasteiger partial charge in [0.1, 0.15) is 0 Å². The van der Waals surface area contributed by atoms with Gasteiger partial charge in [-0.3, -0.25) is 0 Å². The first kappa shape index (κ1) is 15.0. The predicted molar refractivity (Wildman–Crippen MR) is 89.2 cm³/mol. The van der Waals surface area contributed by atoms with Crippen LogP contribution in [0.2, 0.25) is 0 Å². The van der Waals surface area contributed by atoms with Crippen LogP contribution in [0.3, 0.4) is 0 Å². The fourth-order valence-corrected chi connectivity index (χ4v) is 5.25. The van der Waals surface area contributed by atoms with Gasteiger partial charge in [-0.15, -0.1) is 0 Å². The van der Waals surface area contributed by atoms with Crippen LogP contribution in [-0.4, -0.2) is 20.2 Å². The van der Waals surface area contributed by atoms with Crippen molar-refractivity contribution in [1.82, 2.24) is 4.72 Å². The number of rotatable bonds is 4. The molecule has 6 heteroatoms. The van der Waals surface area contributed by atoms with E-state index >= 15 is 0 Å². The molecule has 1 aromatic carbocycles. The van der Waals surface area contributed by atoms with Gasteiger partial charge in [0, 0.05) is 5.69 Å². The standard InChI is InChI=1S/C17H22N2O3S/c20-17(19-23(21,22)10-11-7-8-11)18-16-14-5-1-3-12(14)9-13-4-2-6-15(13)16/h9,11H,1-8,10H2,(H2,18,19,20). The van der Waals surface area contributed by atoms with Gasteiger partial charge in [-0.05, 0) is 79.5 Å². The molecule has 0 radical (unpaired) electrons. The summed E-state index contributed by atoms with van der Waals surface area (Å²) in [5.74, 6) is 0.288. The molecule has 23 heavy (non-hydrogen) atoms. The van der Waals surface area contributed by atoms with Crippen LogP contribution >= 0.6 is 0 Å². The van der Waals surface area contributed by atoms with E-state index in [4.69, 9.17) is 0 Å². The molecule has 0 atom stereocenters. The summed E-state index contributed by atoms with van der Waals surface area (Å²) in [7, 11) is -3.53. The maximum Gasteiger partial charge on any atom is 0.332 e. The topological polar surface area (TPSA) is 75.3 Å². The lowest BCUT2D eigenvalue weighted by Crippen LogP contribution is -2.36. The summed E-state index contributed by atoms with van der Waals surface area (Å²) in [5.41, 5.74) is 5.94. The molecule has 0 spiro atoms. The van der Waals surface area contributed by atoms with Crippen LogP contribution < -0.4 is 10.0 Å². The van der Waals surface area contributed by atoms with Crippen molar-refractivity contribution in [2.24, 2.45) is 5.92 Å². The summed E-state index contributed by atoms with van der Waals surface area (Å²) in [6.45, 7) is 0. The van der Waals surface area contributed by atoms with Crippen molar-refractivity contribution in [2.75, 3.05) is 11.1 Å². The van der Waals surface area contributed by atoms with Crippen molar-refractivity contribution in [3.8, 4) is 0 Å². The Labute approximate surface area is 136 Å². The van der Waals surface area contributed by atoms with Gasteiger partial charge in [0.15, 0.2) is 0 Å². The average Bonchev–Trinajstić information content (AvgIpc) is 2.99. The van der Waals surface area contributed by atoms with E-state index in [-0.39, 0.29) is 11.7 Å². The van der Waals surface area contributed by atoms with E-state index in [1.165, 1.54) is 22.3 Å². The smallest absolute Gasteiger partial charge is 0.307 e. The molecule has 1 saturated carbocycles. The van der Waals surface area contributed by atoms with Gasteiger partial charge in [0.2, 0.25) is 10.0 Å². The highest BCUT2D eigenvalue weighted by atomic mass is 32.2. The third-order valence-electron chi connectivity index (χ3n) is 5.11. The van der Waals surface area contributed by atoms with Gasteiger partial charge in [0.25, 0.3) is 0 Å². The van der Waals surface area contributed by atoms with Gasteiger partial charge in [-0.1, -0.05) is 6.07 Å². The van der Waals surface area contributed by atoms with Crippen LogP contribution in [0.5, 0.6) is 0 Å². The number of amides is 2. The van der Waals surface area contributed by atoms with Gasteiger partial charge in [-0.2, -0.15) is 0 Å². The number of aryl methyl sites for hydroxylation is 2. The zero-order chi connectivity index (χ0) is 16.0. The molecule has 0 bridgehead atoms. The first-order valence-electron chi connectivity index (χ1n) is 8.50. The Morgan fingerprint density at radius 2 is 1.65 bits per heavy atom. The molecule has 4 rings (SSSR count). The van der Waals surface area contributed by atoms with Crippen LogP contribution in [0.25, 0.3) is 0 Å². The molecule has 2 amide bonds. The maximum absolute atomic E-state index is 12.2. The van der Waals surface area contributed by atoms with E-state index < -0.39 is 16.1 Å². The number of carbonyl (C=O) groups excluding carboxylic acids is 1. The lowest BCUT2D eigenvalue weighted by Gasteiger charge is -2.16. The van der Waals surface area contributed by atoms with E-state index in [0.29, 0.717) is 0 Å². The SMILES string of the molecule is O=C(Nc1c2c(cc3c1CCC3)CCC2)NS(=O)(=O)CC1CC1. The third kappa shape index (κ3) is 3.09. The monoisotopic (exact) mass is 334 g/mol. The minimum Gasteiger partial charge on any atom is -0.307 e. The van der Waals surface area contributed by atoms with E-state index in [0.717, 1.165) is 57.1 Å². The summed E-state index contributed by atoms with van der Waals surface area (Å²) >= 11 is 0. The molecule has 0 aliphatic heterocycles. The minimum absolute atomic E-state index is 0.0609. The normalized spacial score (nSPS) is 19.3. The first-order chi connectivity index (χ1) is 11.0. The molecular formula is C17H22N2O3S. The number of anilines is 1. The van der Waals surface area contributed by atoms with Crippen molar-refractivity contribution in [3.05, 3.63) is 28.3 Å². The van der Waals surface area contributed by atoms with Crippen molar-refractivity contribution < 1.29 is 13.2 Å². The molecule has 1 fully saturated rings. The predicted octanol–water partition coefficient (Wildman–Crippen LogP) is 2.53. The molecule has 0 saturated heterocycles. The van der Waals surface area contributed by atoms with E-state index in [2.05, 4.69) is 16.1 Å². The van der Waals surface area contributed by atoms with Crippen LogP contribution in [0.4, 0.5) is 10.5 Å². The van der Waals surface area contributed by atoms with E-state index in [1.807, 2.05) is 0 Å². The van der Waals surface area contributed by atoms with Gasteiger partial charge < -0.3 is 5.32 Å². The van der Waals surface area contributed by atoms with Gasteiger partial charge >= 0.3 is 6.03 Å². The summed E-state index contributed by atoms with van der Waals surface area (Å²) < 4.78 is 26.1.